The number of aromatic amines is 1. The Labute approximate surface area is 97.8 Å². The molecule has 0 bridgehead atoms. The van der Waals surface area contributed by atoms with Gasteiger partial charge in [-0.1, -0.05) is 0 Å². The molecule has 5 nitrogen and oxygen atoms in total. The summed E-state index contributed by atoms with van der Waals surface area (Å²) < 4.78 is 10.5. The molecule has 1 unspecified atom stereocenters. The van der Waals surface area contributed by atoms with Crippen molar-refractivity contribution in [2.45, 2.75) is 18.9 Å². The second-order valence-corrected chi connectivity index (χ2v) is 4.24. The van der Waals surface area contributed by atoms with E-state index in [-0.39, 0.29) is 0 Å². The van der Waals surface area contributed by atoms with Crippen LogP contribution < -0.4 is 11.1 Å². The van der Waals surface area contributed by atoms with E-state index in [0.29, 0.717) is 17.2 Å². The molecule has 3 rings (SSSR count). The van der Waals surface area contributed by atoms with Crippen LogP contribution in [-0.4, -0.2) is 24.2 Å². The van der Waals surface area contributed by atoms with Crippen LogP contribution in [0.15, 0.2) is 27.4 Å². The van der Waals surface area contributed by atoms with E-state index in [2.05, 4.69) is 10.3 Å². The zero-order valence-corrected chi connectivity index (χ0v) is 9.36. The molecule has 1 saturated heterocycles. The first kappa shape index (κ1) is 10.4. The van der Waals surface area contributed by atoms with E-state index in [1.165, 1.54) is 0 Å². The Morgan fingerprint density at radius 2 is 2.41 bits per heavy atom. The Morgan fingerprint density at radius 3 is 3.24 bits per heavy atom. The second-order valence-electron chi connectivity index (χ2n) is 4.24. The number of benzene rings is 1. The molecule has 1 fully saturated rings. The Bertz CT molecular complexity index is 566. The quantitative estimate of drug-likeness (QED) is 0.848. The van der Waals surface area contributed by atoms with Crippen molar-refractivity contribution in [1.29, 1.82) is 0 Å². The van der Waals surface area contributed by atoms with Crippen molar-refractivity contribution in [3.8, 4) is 0 Å². The summed E-state index contributed by atoms with van der Waals surface area (Å²) in [5, 5.41) is 3.30. The van der Waals surface area contributed by atoms with Crippen molar-refractivity contribution in [3.05, 3.63) is 28.7 Å². The van der Waals surface area contributed by atoms with Crippen molar-refractivity contribution < 1.29 is 9.15 Å². The first-order chi connectivity index (χ1) is 8.31. The molecule has 1 aliphatic heterocycles. The molecule has 90 valence electrons. The van der Waals surface area contributed by atoms with Gasteiger partial charge in [-0.25, -0.2) is 4.79 Å². The van der Waals surface area contributed by atoms with E-state index in [0.717, 1.165) is 31.7 Å². The Morgan fingerprint density at radius 1 is 1.47 bits per heavy atom. The average molecular weight is 234 g/mol. The lowest BCUT2D eigenvalue weighted by atomic mass is 10.2. The predicted molar refractivity (Wildman–Crippen MR) is 64.3 cm³/mol. The maximum atomic E-state index is 11.0. The lowest BCUT2D eigenvalue weighted by molar-refractivity contribution is 0.120. The number of oxazole rings is 1. The first-order valence-corrected chi connectivity index (χ1v) is 5.79. The van der Waals surface area contributed by atoms with Crippen LogP contribution in [-0.2, 0) is 4.74 Å². The largest absolute Gasteiger partial charge is 0.417 e. The average Bonchev–Trinajstić information content (AvgIpc) is 2.92. The number of H-pyrrole nitrogens is 1. The van der Waals surface area contributed by atoms with Crippen LogP contribution in [0.5, 0.6) is 0 Å². The van der Waals surface area contributed by atoms with Crippen LogP contribution in [0.3, 0.4) is 0 Å². The van der Waals surface area contributed by atoms with Crippen LogP contribution >= 0.6 is 0 Å². The molecule has 0 saturated carbocycles. The maximum absolute atomic E-state index is 11.0. The highest BCUT2D eigenvalue weighted by atomic mass is 16.5. The number of rotatable bonds is 3. The standard InChI is InChI=1S/C12H14N2O3/c15-12-14-10-6-8(3-4-11(10)17-12)13-7-9-2-1-5-16-9/h3-4,6,9,13H,1-2,5,7H2,(H,14,15). The Kier molecular flexibility index (Phi) is 2.60. The number of hydrogen-bond acceptors (Lipinski definition) is 4. The summed E-state index contributed by atoms with van der Waals surface area (Å²) in [5.74, 6) is -0.420. The van der Waals surface area contributed by atoms with Gasteiger partial charge in [-0.05, 0) is 31.0 Å². The van der Waals surface area contributed by atoms with E-state index in [4.69, 9.17) is 9.15 Å². The number of aromatic nitrogens is 1. The van der Waals surface area contributed by atoms with Gasteiger partial charge in [0, 0.05) is 18.8 Å². The van der Waals surface area contributed by atoms with Crippen LogP contribution in [0.4, 0.5) is 5.69 Å². The topological polar surface area (TPSA) is 67.3 Å². The normalized spacial score (nSPS) is 19.9. The van der Waals surface area contributed by atoms with E-state index in [1.54, 1.807) is 6.07 Å². The van der Waals surface area contributed by atoms with Crippen LogP contribution in [0.25, 0.3) is 11.1 Å². The third-order valence-corrected chi connectivity index (χ3v) is 2.98. The van der Waals surface area contributed by atoms with E-state index in [1.807, 2.05) is 12.1 Å². The number of hydrogen-bond donors (Lipinski definition) is 2. The van der Waals surface area contributed by atoms with Gasteiger partial charge >= 0.3 is 5.76 Å². The van der Waals surface area contributed by atoms with Crippen LogP contribution in [0, 0.1) is 0 Å². The molecule has 0 spiro atoms. The highest BCUT2D eigenvalue weighted by Gasteiger charge is 2.14. The molecular weight excluding hydrogens is 220 g/mol. The van der Waals surface area contributed by atoms with Gasteiger partial charge in [0.2, 0.25) is 0 Å². The summed E-state index contributed by atoms with van der Waals surface area (Å²) in [6.45, 7) is 1.66. The zero-order valence-electron chi connectivity index (χ0n) is 9.36. The van der Waals surface area contributed by atoms with Gasteiger partial charge in [-0.15, -0.1) is 0 Å². The molecule has 0 radical (unpaired) electrons. The predicted octanol–water partition coefficient (Wildman–Crippen LogP) is 1.71. The molecule has 1 aliphatic rings. The van der Waals surface area contributed by atoms with Gasteiger partial charge in [0.15, 0.2) is 5.58 Å². The summed E-state index contributed by atoms with van der Waals surface area (Å²) >= 11 is 0. The fraction of sp³-hybridized carbons (Fsp3) is 0.417. The van der Waals surface area contributed by atoms with Gasteiger partial charge in [0.25, 0.3) is 0 Å². The Balaban J connectivity index is 1.73. The maximum Gasteiger partial charge on any atom is 0.417 e. The molecule has 2 N–H and O–H groups in total. The summed E-state index contributed by atoms with van der Waals surface area (Å²) in [5.41, 5.74) is 2.26. The van der Waals surface area contributed by atoms with Gasteiger partial charge in [0.1, 0.15) is 0 Å². The summed E-state index contributed by atoms with van der Waals surface area (Å²) in [6, 6.07) is 5.55. The molecule has 1 aromatic carbocycles. The van der Waals surface area contributed by atoms with E-state index >= 15 is 0 Å². The van der Waals surface area contributed by atoms with Gasteiger partial charge in [-0.3, -0.25) is 4.98 Å². The minimum atomic E-state index is -0.420. The number of ether oxygens (including phenoxy) is 1. The van der Waals surface area contributed by atoms with Crippen molar-refractivity contribution in [2.75, 3.05) is 18.5 Å². The van der Waals surface area contributed by atoms with Gasteiger partial charge in [-0.2, -0.15) is 0 Å². The molecule has 2 aromatic rings. The van der Waals surface area contributed by atoms with E-state index in [9.17, 15) is 4.79 Å². The van der Waals surface area contributed by atoms with Crippen LogP contribution in [0.1, 0.15) is 12.8 Å². The number of anilines is 1. The molecule has 5 heteroatoms. The molecule has 1 atom stereocenters. The highest BCUT2D eigenvalue weighted by Crippen LogP contribution is 2.17. The number of nitrogens with one attached hydrogen (secondary N) is 2. The fourth-order valence-electron chi connectivity index (χ4n) is 2.10. The lowest BCUT2D eigenvalue weighted by Gasteiger charge is -2.11. The third-order valence-electron chi connectivity index (χ3n) is 2.98. The molecule has 0 amide bonds. The molecule has 17 heavy (non-hydrogen) atoms. The minimum Gasteiger partial charge on any atom is -0.408 e. The fourth-order valence-corrected chi connectivity index (χ4v) is 2.10. The van der Waals surface area contributed by atoms with Crippen molar-refractivity contribution in [2.24, 2.45) is 0 Å². The smallest absolute Gasteiger partial charge is 0.408 e. The first-order valence-electron chi connectivity index (χ1n) is 5.79. The molecular formula is C12H14N2O3. The summed E-state index contributed by atoms with van der Waals surface area (Å²) in [4.78, 5) is 13.6. The van der Waals surface area contributed by atoms with Crippen molar-refractivity contribution in [1.82, 2.24) is 4.98 Å². The highest BCUT2D eigenvalue weighted by molar-refractivity contribution is 5.76. The van der Waals surface area contributed by atoms with Crippen molar-refractivity contribution in [3.63, 3.8) is 0 Å². The second kappa shape index (κ2) is 4.25. The summed E-state index contributed by atoms with van der Waals surface area (Å²) in [7, 11) is 0. The van der Waals surface area contributed by atoms with Crippen molar-refractivity contribution >= 4 is 16.8 Å². The van der Waals surface area contributed by atoms with Crippen LogP contribution in [0.2, 0.25) is 0 Å². The third kappa shape index (κ3) is 2.19. The van der Waals surface area contributed by atoms with Gasteiger partial charge < -0.3 is 14.5 Å². The minimum absolute atomic E-state index is 0.300. The Hall–Kier alpha value is -1.75. The SMILES string of the molecule is O=c1[nH]c2cc(NCC3CCCO3)ccc2o1. The molecule has 2 heterocycles. The van der Waals surface area contributed by atoms with E-state index < -0.39 is 5.76 Å². The molecule has 1 aromatic heterocycles. The monoisotopic (exact) mass is 234 g/mol. The number of fused-ring (bicyclic) bond motifs is 1. The molecule has 0 aliphatic carbocycles. The summed E-state index contributed by atoms with van der Waals surface area (Å²) in [6.07, 6.45) is 2.55. The van der Waals surface area contributed by atoms with Gasteiger partial charge in [0.05, 0.1) is 11.6 Å². The lowest BCUT2D eigenvalue weighted by Crippen LogP contribution is -2.18. The zero-order chi connectivity index (χ0) is 11.7.